The molecular formula is C28H26FN2O6S2+. The monoisotopic (exact) mass is 569 g/mol. The van der Waals surface area contributed by atoms with Gasteiger partial charge >= 0.3 is 11.9 Å². The molecule has 39 heavy (non-hydrogen) atoms. The summed E-state index contributed by atoms with van der Waals surface area (Å²) >= 11 is 1.36. The highest BCUT2D eigenvalue weighted by Crippen LogP contribution is 2.46. The number of benzene rings is 3. The van der Waals surface area contributed by atoms with E-state index in [1.54, 1.807) is 11.0 Å². The number of oxazole rings is 1. The summed E-state index contributed by atoms with van der Waals surface area (Å²) in [5.41, 5.74) is 2.76. The molecule has 2 heterocycles. The van der Waals surface area contributed by atoms with Crippen LogP contribution in [0.1, 0.15) is 25.7 Å². The summed E-state index contributed by atoms with van der Waals surface area (Å²) in [5.74, 6) is -1.39. The van der Waals surface area contributed by atoms with E-state index in [9.17, 15) is 27.3 Å². The van der Waals surface area contributed by atoms with Crippen LogP contribution in [0.2, 0.25) is 0 Å². The summed E-state index contributed by atoms with van der Waals surface area (Å²) in [6.07, 6.45) is 4.46. The minimum absolute atomic E-state index is 0.174. The number of anilines is 1. The number of nitrogens with zero attached hydrogens (tertiary/aromatic N) is 2. The maximum atomic E-state index is 14.0. The van der Waals surface area contributed by atoms with Crippen LogP contribution in [0.3, 0.4) is 0 Å². The van der Waals surface area contributed by atoms with Gasteiger partial charge in [-0.1, -0.05) is 43.0 Å². The van der Waals surface area contributed by atoms with Crippen LogP contribution in [-0.4, -0.2) is 36.3 Å². The van der Waals surface area contributed by atoms with E-state index in [1.807, 2.05) is 60.0 Å². The van der Waals surface area contributed by atoms with Crippen molar-refractivity contribution >= 4 is 61.5 Å². The maximum absolute atomic E-state index is 14.0. The smallest absolute Gasteiger partial charge is 0.374 e. The Hall–Kier alpha value is -3.67. The van der Waals surface area contributed by atoms with Crippen molar-refractivity contribution < 1.29 is 36.2 Å². The summed E-state index contributed by atoms with van der Waals surface area (Å²) in [6, 6.07) is 15.9. The predicted molar refractivity (Wildman–Crippen MR) is 149 cm³/mol. The second-order valence-corrected chi connectivity index (χ2v) is 11.7. The number of aryl methyl sites for hydroxylation is 1. The van der Waals surface area contributed by atoms with Gasteiger partial charge in [0.1, 0.15) is 12.4 Å². The van der Waals surface area contributed by atoms with Gasteiger partial charge < -0.3 is 14.4 Å². The second-order valence-electron chi connectivity index (χ2n) is 9.11. The van der Waals surface area contributed by atoms with Crippen molar-refractivity contribution in [2.24, 2.45) is 0 Å². The van der Waals surface area contributed by atoms with Gasteiger partial charge in [0.05, 0.1) is 27.9 Å². The van der Waals surface area contributed by atoms with E-state index in [-0.39, 0.29) is 25.3 Å². The number of carboxylic acid groups (broad SMARTS) is 1. The lowest BCUT2D eigenvalue weighted by atomic mass is 10.1. The highest BCUT2D eigenvalue weighted by Gasteiger charge is 2.28. The first kappa shape index (κ1) is 26.9. The Morgan fingerprint density at radius 1 is 1.18 bits per heavy atom. The van der Waals surface area contributed by atoms with E-state index in [0.29, 0.717) is 28.6 Å². The summed E-state index contributed by atoms with van der Waals surface area (Å²) in [7, 11) is -4.13. The van der Waals surface area contributed by atoms with Crippen molar-refractivity contribution in [3.63, 3.8) is 0 Å². The van der Waals surface area contributed by atoms with Crippen molar-refractivity contribution in [3.8, 4) is 0 Å². The summed E-state index contributed by atoms with van der Waals surface area (Å²) in [5, 5.41) is 12.1. The molecule has 202 valence electrons. The van der Waals surface area contributed by atoms with Gasteiger partial charge in [-0.3, -0.25) is 9.35 Å². The molecule has 8 nitrogen and oxygen atoms in total. The number of carbonyl (C=O) groups is 1. The number of halogens is 1. The second kappa shape index (κ2) is 10.8. The van der Waals surface area contributed by atoms with Crippen molar-refractivity contribution in [2.75, 3.05) is 17.2 Å². The Morgan fingerprint density at radius 2 is 1.97 bits per heavy atom. The Morgan fingerprint density at radius 3 is 2.72 bits per heavy atom. The Bertz CT molecular complexity index is 1760. The zero-order valence-corrected chi connectivity index (χ0v) is 22.6. The largest absolute Gasteiger partial charge is 0.480 e. The highest BCUT2D eigenvalue weighted by atomic mass is 32.2. The van der Waals surface area contributed by atoms with Crippen LogP contribution < -0.4 is 9.47 Å². The SMILES string of the molecule is CCC(/C=C1\Sc2ccc(F)cc2N1CC(=O)O)=C\c1oc2ccc3ccccc3c2[n+]1CCCS(=O)(=O)O. The average Bonchev–Trinajstić information content (AvgIpc) is 3.40. The molecule has 0 saturated carbocycles. The molecule has 0 unspecified atom stereocenters. The first-order chi connectivity index (χ1) is 18.6. The first-order valence-electron chi connectivity index (χ1n) is 12.3. The quantitative estimate of drug-likeness (QED) is 0.197. The van der Waals surface area contributed by atoms with Crippen molar-refractivity contribution in [2.45, 2.75) is 31.2 Å². The van der Waals surface area contributed by atoms with Crippen molar-refractivity contribution in [1.29, 1.82) is 0 Å². The first-order valence-corrected chi connectivity index (χ1v) is 14.7. The Balaban J connectivity index is 1.60. The fourth-order valence-corrected chi connectivity index (χ4v) is 6.26. The molecule has 4 aromatic rings. The molecule has 0 atom stereocenters. The third-order valence-corrected chi connectivity index (χ3v) is 8.33. The van der Waals surface area contributed by atoms with E-state index >= 15 is 0 Å². The number of carboxylic acids is 1. The summed E-state index contributed by atoms with van der Waals surface area (Å²) < 4.78 is 54.2. The van der Waals surface area contributed by atoms with Gasteiger partial charge in [-0.25, -0.2) is 4.39 Å². The van der Waals surface area contributed by atoms with Crippen LogP contribution in [0.15, 0.2) is 80.6 Å². The molecule has 0 amide bonds. The average molecular weight is 570 g/mol. The number of fused-ring (bicyclic) bond motifs is 4. The van der Waals surface area contributed by atoms with Gasteiger partial charge in [0.25, 0.3) is 15.6 Å². The Kier molecular flexibility index (Phi) is 7.48. The fourth-order valence-electron chi connectivity index (χ4n) is 4.65. The number of aromatic nitrogens is 1. The molecule has 5 rings (SSSR count). The van der Waals surface area contributed by atoms with Crippen LogP contribution in [0.5, 0.6) is 0 Å². The van der Waals surface area contributed by atoms with Crippen LogP contribution in [0.4, 0.5) is 10.1 Å². The molecule has 0 spiro atoms. The van der Waals surface area contributed by atoms with E-state index < -0.39 is 21.9 Å². The zero-order valence-electron chi connectivity index (χ0n) is 21.0. The van der Waals surface area contributed by atoms with Crippen LogP contribution in [0.25, 0.3) is 27.9 Å². The molecule has 3 aromatic carbocycles. The van der Waals surface area contributed by atoms with Crippen molar-refractivity contribution in [3.05, 3.63) is 83.0 Å². The number of thioether (sulfide) groups is 1. The van der Waals surface area contributed by atoms with Crippen LogP contribution >= 0.6 is 11.8 Å². The Labute approximate surface area is 228 Å². The third kappa shape index (κ3) is 5.85. The molecule has 1 aliphatic heterocycles. The molecule has 11 heteroatoms. The standard InChI is InChI=1S/C28H25FN2O6S2/c1-2-18(15-26-31(17-27(32)33)22-16-20(29)9-11-24(22)38-26)14-25-30(12-5-13-39(34,35)36)28-21-7-4-3-6-19(21)8-10-23(28)37-25/h3-4,6-11,14-16H,2,5,12-13,17H2,1H3,(H-,32,33,34,35,36)/p+1. The van der Waals surface area contributed by atoms with Gasteiger partial charge in [0.2, 0.25) is 5.58 Å². The summed E-state index contributed by atoms with van der Waals surface area (Å²) in [6.45, 7) is 1.92. The normalized spacial score (nSPS) is 15.0. The van der Waals surface area contributed by atoms with E-state index in [4.69, 9.17) is 4.42 Å². The van der Waals surface area contributed by atoms with Gasteiger partial charge in [-0.2, -0.15) is 13.0 Å². The van der Waals surface area contributed by atoms with Crippen LogP contribution in [-0.2, 0) is 21.5 Å². The van der Waals surface area contributed by atoms with Crippen molar-refractivity contribution in [1.82, 2.24) is 0 Å². The maximum Gasteiger partial charge on any atom is 0.374 e. The van der Waals surface area contributed by atoms with Gasteiger partial charge in [-0.15, -0.1) is 0 Å². The molecular weight excluding hydrogens is 543 g/mol. The molecule has 0 radical (unpaired) electrons. The highest BCUT2D eigenvalue weighted by molar-refractivity contribution is 8.03. The fraction of sp³-hybridized carbons (Fsp3) is 0.214. The molecule has 0 aliphatic carbocycles. The predicted octanol–water partition coefficient (Wildman–Crippen LogP) is 5.62. The molecule has 0 fully saturated rings. The lowest BCUT2D eigenvalue weighted by Crippen LogP contribution is -2.36. The van der Waals surface area contributed by atoms with Gasteiger partial charge in [0.15, 0.2) is 6.54 Å². The minimum atomic E-state index is -4.13. The number of allylic oxidation sites excluding steroid dienone is 2. The van der Waals surface area contributed by atoms with Crippen LogP contribution in [0, 0.1) is 5.82 Å². The van der Waals surface area contributed by atoms with E-state index in [1.165, 1.54) is 23.9 Å². The lowest BCUT2D eigenvalue weighted by molar-refractivity contribution is -0.677. The molecule has 0 bridgehead atoms. The zero-order chi connectivity index (χ0) is 27.7. The third-order valence-electron chi connectivity index (χ3n) is 6.41. The number of aliphatic carboxylic acids is 1. The molecule has 2 N–H and O–H groups in total. The number of hydrogen-bond acceptors (Lipinski definition) is 6. The molecule has 1 aromatic heterocycles. The summed E-state index contributed by atoms with van der Waals surface area (Å²) in [4.78, 5) is 13.9. The molecule has 1 aliphatic rings. The number of hydrogen-bond donors (Lipinski definition) is 2. The van der Waals surface area contributed by atoms with E-state index in [0.717, 1.165) is 26.8 Å². The molecule has 0 saturated heterocycles. The topological polar surface area (TPSA) is 112 Å². The lowest BCUT2D eigenvalue weighted by Gasteiger charge is -2.18. The van der Waals surface area contributed by atoms with Gasteiger partial charge in [-0.05, 0) is 53.8 Å². The minimum Gasteiger partial charge on any atom is -0.480 e. The van der Waals surface area contributed by atoms with E-state index in [2.05, 4.69) is 0 Å². The van der Waals surface area contributed by atoms with Gasteiger partial charge in [0, 0.05) is 11.3 Å². The number of rotatable bonds is 9.